The van der Waals surface area contributed by atoms with Crippen LogP contribution in [0, 0.1) is 5.92 Å². The summed E-state index contributed by atoms with van der Waals surface area (Å²) in [6.07, 6.45) is 3.10. The molecule has 18 heavy (non-hydrogen) atoms. The smallest absolute Gasteiger partial charge is 0.337 e. The molecule has 0 saturated carbocycles. The van der Waals surface area contributed by atoms with Crippen LogP contribution in [-0.4, -0.2) is 35.2 Å². The van der Waals surface area contributed by atoms with E-state index in [-0.39, 0.29) is 11.1 Å². The van der Waals surface area contributed by atoms with Gasteiger partial charge in [-0.15, -0.1) is 0 Å². The van der Waals surface area contributed by atoms with Crippen LogP contribution in [0.1, 0.15) is 6.92 Å². The monoisotopic (exact) mass is 254 g/mol. The average molecular weight is 254 g/mol. The highest BCUT2D eigenvalue weighted by atomic mass is 16.5. The summed E-state index contributed by atoms with van der Waals surface area (Å²) < 4.78 is 4.38. The van der Waals surface area contributed by atoms with E-state index in [1.807, 2.05) is 0 Å². The van der Waals surface area contributed by atoms with Crippen molar-refractivity contribution in [2.75, 3.05) is 7.11 Å². The number of allylic oxidation sites excluding steroid dienone is 1. The lowest BCUT2D eigenvalue weighted by molar-refractivity contribution is -0.135. The molecule has 6 heteroatoms. The van der Waals surface area contributed by atoms with Gasteiger partial charge in [0, 0.05) is 17.6 Å². The van der Waals surface area contributed by atoms with Crippen molar-refractivity contribution < 1.29 is 29.3 Å². The summed E-state index contributed by atoms with van der Waals surface area (Å²) in [6.45, 7) is 4.86. The lowest BCUT2D eigenvalue weighted by Crippen LogP contribution is -2.11. The molecule has 0 heterocycles. The minimum absolute atomic E-state index is 0.120. The molecule has 0 aliphatic heterocycles. The number of methoxy groups -OCH3 is 1. The number of ether oxygens (including phenoxy) is 1. The summed E-state index contributed by atoms with van der Waals surface area (Å²) in [5, 5.41) is 17.4. The lowest BCUT2D eigenvalue weighted by atomic mass is 9.98. The SMILES string of the molecule is C=C(C=C(C(=O)O)C(C)C=CC(=O)O)C(=O)OC. The van der Waals surface area contributed by atoms with Crippen LogP contribution < -0.4 is 0 Å². The molecule has 2 N–H and O–H groups in total. The van der Waals surface area contributed by atoms with E-state index in [1.165, 1.54) is 13.0 Å². The van der Waals surface area contributed by atoms with Crippen LogP contribution in [0.5, 0.6) is 0 Å². The Morgan fingerprint density at radius 3 is 2.22 bits per heavy atom. The number of rotatable bonds is 6. The molecule has 6 nitrogen and oxygen atoms in total. The Balaban J connectivity index is 5.14. The summed E-state index contributed by atoms with van der Waals surface area (Å²) in [4.78, 5) is 32.4. The fraction of sp³-hybridized carbons (Fsp3) is 0.250. The van der Waals surface area contributed by atoms with Crippen molar-refractivity contribution in [1.82, 2.24) is 0 Å². The third-order valence-corrected chi connectivity index (χ3v) is 2.04. The molecule has 0 saturated heterocycles. The van der Waals surface area contributed by atoms with E-state index < -0.39 is 23.8 Å². The molecular formula is C12H14O6. The zero-order valence-electron chi connectivity index (χ0n) is 10.0. The Morgan fingerprint density at radius 2 is 1.83 bits per heavy atom. The molecule has 1 unspecified atom stereocenters. The quantitative estimate of drug-likeness (QED) is 0.416. The Morgan fingerprint density at radius 1 is 1.28 bits per heavy atom. The van der Waals surface area contributed by atoms with Gasteiger partial charge in [-0.25, -0.2) is 14.4 Å². The minimum Gasteiger partial charge on any atom is -0.478 e. The van der Waals surface area contributed by atoms with E-state index in [4.69, 9.17) is 10.2 Å². The maximum Gasteiger partial charge on any atom is 0.337 e. The van der Waals surface area contributed by atoms with Crippen LogP contribution in [0.4, 0.5) is 0 Å². The Bertz CT molecular complexity index is 430. The van der Waals surface area contributed by atoms with E-state index in [2.05, 4.69) is 11.3 Å². The van der Waals surface area contributed by atoms with Crippen LogP contribution in [-0.2, 0) is 19.1 Å². The first-order valence-corrected chi connectivity index (χ1v) is 4.92. The van der Waals surface area contributed by atoms with Crippen molar-refractivity contribution >= 4 is 17.9 Å². The van der Waals surface area contributed by atoms with E-state index in [0.29, 0.717) is 0 Å². The highest BCUT2D eigenvalue weighted by Crippen LogP contribution is 2.15. The number of hydrogen-bond acceptors (Lipinski definition) is 4. The van der Waals surface area contributed by atoms with Gasteiger partial charge >= 0.3 is 17.9 Å². The molecule has 0 radical (unpaired) electrons. The van der Waals surface area contributed by atoms with Crippen molar-refractivity contribution in [2.24, 2.45) is 5.92 Å². The van der Waals surface area contributed by atoms with E-state index in [9.17, 15) is 14.4 Å². The standard InChI is InChI=1S/C12H14O6/c1-7(4-5-10(13)14)9(11(15)16)6-8(2)12(17)18-3/h4-7H,2H2,1,3H3,(H,13,14)(H,15,16). The first kappa shape index (κ1) is 15.6. The molecule has 0 amide bonds. The van der Waals surface area contributed by atoms with Crippen molar-refractivity contribution in [2.45, 2.75) is 6.92 Å². The van der Waals surface area contributed by atoms with Gasteiger partial charge in [0.25, 0.3) is 0 Å². The van der Waals surface area contributed by atoms with Gasteiger partial charge in [-0.2, -0.15) is 0 Å². The Kier molecular flexibility index (Phi) is 6.12. The van der Waals surface area contributed by atoms with Gasteiger partial charge in [-0.1, -0.05) is 19.6 Å². The van der Waals surface area contributed by atoms with Crippen molar-refractivity contribution in [1.29, 1.82) is 0 Å². The number of carboxylic acid groups (broad SMARTS) is 2. The summed E-state index contributed by atoms with van der Waals surface area (Å²) in [7, 11) is 1.15. The summed E-state index contributed by atoms with van der Waals surface area (Å²) >= 11 is 0. The number of esters is 1. The number of aliphatic carboxylic acids is 2. The second-order valence-electron chi connectivity index (χ2n) is 3.41. The molecule has 98 valence electrons. The van der Waals surface area contributed by atoms with Gasteiger partial charge in [0.2, 0.25) is 0 Å². The summed E-state index contributed by atoms with van der Waals surface area (Å²) in [5.41, 5.74) is -0.270. The number of carbonyl (C=O) groups is 3. The third kappa shape index (κ3) is 5.11. The molecule has 0 fully saturated rings. The van der Waals surface area contributed by atoms with Gasteiger partial charge in [-0.3, -0.25) is 0 Å². The number of carbonyl (C=O) groups excluding carboxylic acids is 1. The van der Waals surface area contributed by atoms with Crippen LogP contribution >= 0.6 is 0 Å². The second kappa shape index (κ2) is 7.05. The number of hydrogen-bond donors (Lipinski definition) is 2. The molecular weight excluding hydrogens is 240 g/mol. The van der Waals surface area contributed by atoms with Crippen LogP contribution in [0.2, 0.25) is 0 Å². The molecule has 0 aromatic rings. The lowest BCUT2D eigenvalue weighted by Gasteiger charge is -2.08. The molecule has 0 aromatic carbocycles. The highest BCUT2D eigenvalue weighted by molar-refractivity contribution is 5.95. The fourth-order valence-electron chi connectivity index (χ4n) is 1.10. The van der Waals surface area contributed by atoms with Crippen molar-refractivity contribution in [3.8, 4) is 0 Å². The zero-order chi connectivity index (χ0) is 14.3. The van der Waals surface area contributed by atoms with E-state index >= 15 is 0 Å². The Labute approximate surface area is 104 Å². The van der Waals surface area contributed by atoms with Crippen LogP contribution in [0.15, 0.2) is 36.0 Å². The van der Waals surface area contributed by atoms with Crippen molar-refractivity contribution in [3.63, 3.8) is 0 Å². The molecule has 0 bridgehead atoms. The largest absolute Gasteiger partial charge is 0.478 e. The maximum atomic E-state index is 11.1. The van der Waals surface area contributed by atoms with Gasteiger partial charge in [0.15, 0.2) is 0 Å². The second-order valence-corrected chi connectivity index (χ2v) is 3.41. The first-order chi connectivity index (χ1) is 8.29. The van der Waals surface area contributed by atoms with Gasteiger partial charge in [0.1, 0.15) is 0 Å². The predicted molar refractivity (Wildman–Crippen MR) is 62.8 cm³/mol. The average Bonchev–Trinajstić information content (AvgIpc) is 2.30. The molecule has 0 spiro atoms. The first-order valence-electron chi connectivity index (χ1n) is 4.92. The fourth-order valence-corrected chi connectivity index (χ4v) is 1.10. The maximum absolute atomic E-state index is 11.1. The predicted octanol–water partition coefficient (Wildman–Crippen LogP) is 1.00. The molecule has 0 aliphatic carbocycles. The zero-order valence-corrected chi connectivity index (χ0v) is 10.0. The molecule has 0 aromatic heterocycles. The van der Waals surface area contributed by atoms with Gasteiger partial charge < -0.3 is 14.9 Å². The highest BCUT2D eigenvalue weighted by Gasteiger charge is 2.16. The van der Waals surface area contributed by atoms with E-state index in [1.54, 1.807) is 0 Å². The topological polar surface area (TPSA) is 101 Å². The normalized spacial score (nSPS) is 13.1. The molecule has 0 rings (SSSR count). The van der Waals surface area contributed by atoms with Gasteiger partial charge in [0.05, 0.1) is 12.7 Å². The summed E-state index contributed by atoms with van der Waals surface area (Å²) in [5.74, 6) is -3.87. The van der Waals surface area contributed by atoms with Crippen LogP contribution in [0.25, 0.3) is 0 Å². The van der Waals surface area contributed by atoms with Gasteiger partial charge in [-0.05, 0) is 6.08 Å². The molecule has 0 aliphatic rings. The summed E-state index contributed by atoms with van der Waals surface area (Å²) in [6, 6.07) is 0. The molecule has 1 atom stereocenters. The van der Waals surface area contributed by atoms with E-state index in [0.717, 1.165) is 19.3 Å². The van der Waals surface area contributed by atoms with Crippen molar-refractivity contribution in [3.05, 3.63) is 36.0 Å². The number of carboxylic acids is 2. The Hall–Kier alpha value is -2.37. The third-order valence-electron chi connectivity index (χ3n) is 2.04. The minimum atomic E-state index is -1.26. The van der Waals surface area contributed by atoms with Crippen LogP contribution in [0.3, 0.4) is 0 Å².